The lowest BCUT2D eigenvalue weighted by Crippen LogP contribution is -2.10. The summed E-state index contributed by atoms with van der Waals surface area (Å²) in [6.45, 7) is 5.30. The van der Waals surface area contributed by atoms with Crippen LogP contribution in [-0.4, -0.2) is 26.1 Å². The lowest BCUT2D eigenvalue weighted by atomic mass is 10.1. The van der Waals surface area contributed by atoms with Gasteiger partial charge in [-0.05, 0) is 18.8 Å². The normalized spacial score (nSPS) is 11.2. The highest BCUT2D eigenvalue weighted by Crippen LogP contribution is 2.06. The molecule has 0 fully saturated rings. The Kier molecular flexibility index (Phi) is 3.41. The first-order valence-electron chi connectivity index (χ1n) is 5.83. The standard InChI is InChI=1S/C11H17N5O/c1-8(2)4-3-5-12-9-6-10-14-15-11(17)16(10)7-13-9/h6-8,12H,3-5H2,1-2H3,(H,15,17). The SMILES string of the molecule is CC(C)CCCNc1cc2n[nH]c(=O)n2cn1. The number of fused-ring (bicyclic) bond motifs is 1. The van der Waals surface area contributed by atoms with Crippen LogP contribution in [-0.2, 0) is 0 Å². The molecule has 0 aromatic carbocycles. The Bertz CT molecular complexity index is 542. The molecule has 2 aromatic heterocycles. The van der Waals surface area contributed by atoms with Gasteiger partial charge in [-0.25, -0.2) is 19.3 Å². The molecule has 0 radical (unpaired) electrons. The highest BCUT2D eigenvalue weighted by molar-refractivity contribution is 5.48. The maximum atomic E-state index is 11.2. The zero-order chi connectivity index (χ0) is 12.3. The van der Waals surface area contributed by atoms with E-state index < -0.39 is 0 Å². The van der Waals surface area contributed by atoms with Crippen LogP contribution in [0.3, 0.4) is 0 Å². The number of nitrogens with one attached hydrogen (secondary N) is 2. The van der Waals surface area contributed by atoms with E-state index in [0.717, 1.165) is 24.7 Å². The molecule has 17 heavy (non-hydrogen) atoms. The van der Waals surface area contributed by atoms with Crippen LogP contribution in [0.1, 0.15) is 26.7 Å². The van der Waals surface area contributed by atoms with E-state index >= 15 is 0 Å². The average molecular weight is 235 g/mol. The van der Waals surface area contributed by atoms with Crippen molar-refractivity contribution in [2.45, 2.75) is 26.7 Å². The summed E-state index contributed by atoms with van der Waals surface area (Å²) < 4.78 is 1.37. The second kappa shape index (κ2) is 4.99. The minimum absolute atomic E-state index is 0.265. The van der Waals surface area contributed by atoms with Crippen LogP contribution in [0.15, 0.2) is 17.2 Å². The van der Waals surface area contributed by atoms with Crippen molar-refractivity contribution in [1.29, 1.82) is 0 Å². The molecule has 0 amide bonds. The molecule has 2 aromatic rings. The van der Waals surface area contributed by atoms with Gasteiger partial charge in [0.2, 0.25) is 0 Å². The van der Waals surface area contributed by atoms with E-state index in [1.807, 2.05) is 0 Å². The van der Waals surface area contributed by atoms with Gasteiger partial charge in [0.25, 0.3) is 0 Å². The average Bonchev–Trinajstić information content (AvgIpc) is 2.66. The van der Waals surface area contributed by atoms with Crippen LogP contribution in [0.25, 0.3) is 5.65 Å². The molecule has 2 rings (SSSR count). The molecule has 0 aliphatic rings. The van der Waals surface area contributed by atoms with Crippen molar-refractivity contribution < 1.29 is 0 Å². The molecule has 0 atom stereocenters. The number of hydrogen-bond donors (Lipinski definition) is 2. The van der Waals surface area contributed by atoms with Crippen molar-refractivity contribution in [3.63, 3.8) is 0 Å². The minimum atomic E-state index is -0.265. The first kappa shape index (κ1) is 11.6. The summed E-state index contributed by atoms with van der Waals surface area (Å²) >= 11 is 0. The molecule has 0 saturated heterocycles. The summed E-state index contributed by atoms with van der Waals surface area (Å²) in [6.07, 6.45) is 3.78. The summed E-state index contributed by atoms with van der Waals surface area (Å²) in [4.78, 5) is 15.4. The van der Waals surface area contributed by atoms with Gasteiger partial charge in [-0.2, -0.15) is 5.10 Å². The Balaban J connectivity index is 1.97. The number of aromatic nitrogens is 4. The molecular formula is C11H17N5O. The highest BCUT2D eigenvalue weighted by atomic mass is 16.1. The molecule has 2 N–H and O–H groups in total. The highest BCUT2D eigenvalue weighted by Gasteiger charge is 2.01. The van der Waals surface area contributed by atoms with E-state index in [1.54, 1.807) is 6.07 Å². The fraction of sp³-hybridized carbons (Fsp3) is 0.545. The van der Waals surface area contributed by atoms with Gasteiger partial charge in [0.1, 0.15) is 12.1 Å². The summed E-state index contributed by atoms with van der Waals surface area (Å²) in [5, 5.41) is 9.48. The van der Waals surface area contributed by atoms with Crippen molar-refractivity contribution >= 4 is 11.5 Å². The van der Waals surface area contributed by atoms with Crippen LogP contribution in [0.4, 0.5) is 5.82 Å². The van der Waals surface area contributed by atoms with Gasteiger partial charge >= 0.3 is 5.69 Å². The number of H-pyrrole nitrogens is 1. The minimum Gasteiger partial charge on any atom is -0.370 e. The number of hydrogen-bond acceptors (Lipinski definition) is 4. The lowest BCUT2D eigenvalue weighted by Gasteiger charge is -2.06. The molecular weight excluding hydrogens is 218 g/mol. The quantitative estimate of drug-likeness (QED) is 0.765. The molecule has 92 valence electrons. The Hall–Kier alpha value is -1.85. The van der Waals surface area contributed by atoms with Crippen molar-refractivity contribution in [3.05, 3.63) is 22.9 Å². The van der Waals surface area contributed by atoms with Crippen LogP contribution in [0.2, 0.25) is 0 Å². The third kappa shape index (κ3) is 2.83. The largest absolute Gasteiger partial charge is 0.370 e. The lowest BCUT2D eigenvalue weighted by molar-refractivity contribution is 0.566. The van der Waals surface area contributed by atoms with Crippen molar-refractivity contribution in [1.82, 2.24) is 19.6 Å². The van der Waals surface area contributed by atoms with Gasteiger partial charge in [-0.3, -0.25) is 0 Å². The van der Waals surface area contributed by atoms with Gasteiger partial charge in [-0.15, -0.1) is 0 Å². The second-order valence-electron chi connectivity index (χ2n) is 4.49. The van der Waals surface area contributed by atoms with Crippen LogP contribution in [0.5, 0.6) is 0 Å². The summed E-state index contributed by atoms with van der Waals surface area (Å²) in [5.74, 6) is 1.47. The monoisotopic (exact) mass is 235 g/mol. The Labute approximate surface area is 99.1 Å². The Morgan fingerprint density at radius 1 is 1.53 bits per heavy atom. The van der Waals surface area contributed by atoms with Crippen LogP contribution >= 0.6 is 0 Å². The number of nitrogens with zero attached hydrogens (tertiary/aromatic N) is 3. The molecule has 0 unspecified atom stereocenters. The summed E-state index contributed by atoms with van der Waals surface area (Å²) in [6, 6.07) is 1.76. The van der Waals surface area contributed by atoms with Gasteiger partial charge in [0.05, 0.1) is 0 Å². The second-order valence-corrected chi connectivity index (χ2v) is 4.49. The predicted molar refractivity (Wildman–Crippen MR) is 66.2 cm³/mol. The molecule has 0 aliphatic heterocycles. The van der Waals surface area contributed by atoms with E-state index in [4.69, 9.17) is 0 Å². The van der Waals surface area contributed by atoms with Crippen LogP contribution in [0, 0.1) is 5.92 Å². The maximum absolute atomic E-state index is 11.2. The molecule has 0 spiro atoms. The number of anilines is 1. The van der Waals surface area contributed by atoms with E-state index in [2.05, 4.69) is 34.3 Å². The fourth-order valence-corrected chi connectivity index (χ4v) is 1.63. The topological polar surface area (TPSA) is 75.1 Å². The maximum Gasteiger partial charge on any atom is 0.348 e. The zero-order valence-electron chi connectivity index (χ0n) is 10.1. The van der Waals surface area contributed by atoms with E-state index in [9.17, 15) is 4.79 Å². The number of aromatic amines is 1. The zero-order valence-corrected chi connectivity index (χ0v) is 10.1. The smallest absolute Gasteiger partial charge is 0.348 e. The van der Waals surface area contributed by atoms with Crippen molar-refractivity contribution in [2.75, 3.05) is 11.9 Å². The first-order valence-corrected chi connectivity index (χ1v) is 5.83. The molecule has 0 aliphatic carbocycles. The Morgan fingerprint density at radius 2 is 2.35 bits per heavy atom. The van der Waals surface area contributed by atoms with Gasteiger partial charge in [0.15, 0.2) is 5.65 Å². The van der Waals surface area contributed by atoms with Crippen molar-refractivity contribution in [2.24, 2.45) is 5.92 Å². The predicted octanol–water partition coefficient (Wildman–Crippen LogP) is 1.27. The molecule has 0 bridgehead atoms. The fourth-order valence-electron chi connectivity index (χ4n) is 1.63. The third-order valence-corrected chi connectivity index (χ3v) is 2.57. The third-order valence-electron chi connectivity index (χ3n) is 2.57. The summed E-state index contributed by atoms with van der Waals surface area (Å²) in [5.41, 5.74) is 0.315. The molecule has 0 saturated carbocycles. The first-order chi connectivity index (χ1) is 8.16. The summed E-state index contributed by atoms with van der Waals surface area (Å²) in [7, 11) is 0. The van der Waals surface area contributed by atoms with Gasteiger partial charge in [-0.1, -0.05) is 13.8 Å². The van der Waals surface area contributed by atoms with E-state index in [0.29, 0.717) is 5.65 Å². The van der Waals surface area contributed by atoms with Gasteiger partial charge < -0.3 is 5.32 Å². The molecule has 6 heteroatoms. The number of rotatable bonds is 5. The Morgan fingerprint density at radius 3 is 3.12 bits per heavy atom. The van der Waals surface area contributed by atoms with Crippen molar-refractivity contribution in [3.8, 4) is 0 Å². The van der Waals surface area contributed by atoms with Gasteiger partial charge in [0, 0.05) is 12.6 Å². The molecule has 2 heterocycles. The van der Waals surface area contributed by atoms with E-state index in [-0.39, 0.29) is 5.69 Å². The van der Waals surface area contributed by atoms with Crippen LogP contribution < -0.4 is 11.0 Å². The van der Waals surface area contributed by atoms with E-state index in [1.165, 1.54) is 17.1 Å². The molecule has 6 nitrogen and oxygen atoms in total.